The Morgan fingerprint density at radius 2 is 1.92 bits per heavy atom. The van der Waals surface area contributed by atoms with E-state index in [0.717, 1.165) is 0 Å². The first-order valence-corrected chi connectivity index (χ1v) is 7.27. The lowest BCUT2D eigenvalue weighted by Gasteiger charge is -2.21. The van der Waals surface area contributed by atoms with Crippen molar-refractivity contribution in [3.63, 3.8) is 0 Å². The molecule has 142 valence electrons. The molecule has 0 aliphatic rings. The van der Waals surface area contributed by atoms with E-state index in [1.807, 2.05) is 0 Å². The van der Waals surface area contributed by atoms with Crippen LogP contribution in [-0.4, -0.2) is 67.5 Å². The highest BCUT2D eigenvalue weighted by Crippen LogP contribution is 2.17. The number of aromatic nitrogens is 2. The number of carbonyl (C=O) groups is 2. The molecule has 5 atom stereocenters. The SMILES string of the molecule is CC(O)[C@H](NC(=O)N[C@H](CC(N)O)c1nc([C@@H](N)CO)no1)C(=O)O. The minimum Gasteiger partial charge on any atom is -0.480 e. The Balaban J connectivity index is 2.87. The summed E-state index contributed by atoms with van der Waals surface area (Å²) in [5, 5.41) is 44.5. The number of hydrogen-bond acceptors (Lipinski definition) is 10. The number of carboxylic acid groups (broad SMARTS) is 1. The lowest BCUT2D eigenvalue weighted by Crippen LogP contribution is -2.52. The maximum atomic E-state index is 12.0. The maximum absolute atomic E-state index is 12.0. The summed E-state index contributed by atoms with van der Waals surface area (Å²) in [7, 11) is 0. The summed E-state index contributed by atoms with van der Waals surface area (Å²) in [5.41, 5.74) is 10.8. The van der Waals surface area contributed by atoms with Gasteiger partial charge < -0.3 is 47.1 Å². The number of aliphatic hydroxyl groups excluding tert-OH is 3. The predicted molar refractivity (Wildman–Crippen MR) is 80.6 cm³/mol. The quantitative estimate of drug-likeness (QED) is 0.205. The lowest BCUT2D eigenvalue weighted by molar-refractivity contribution is -0.141. The third-order valence-electron chi connectivity index (χ3n) is 3.10. The number of carboxylic acids is 1. The van der Waals surface area contributed by atoms with Crippen LogP contribution >= 0.6 is 0 Å². The number of carbonyl (C=O) groups excluding carboxylic acids is 1. The molecule has 0 saturated carbocycles. The van der Waals surface area contributed by atoms with Crippen molar-refractivity contribution in [2.45, 2.75) is 43.8 Å². The molecule has 25 heavy (non-hydrogen) atoms. The Kier molecular flexibility index (Phi) is 7.66. The van der Waals surface area contributed by atoms with Crippen LogP contribution < -0.4 is 22.1 Å². The smallest absolute Gasteiger partial charge is 0.328 e. The van der Waals surface area contributed by atoms with E-state index in [0.29, 0.717) is 0 Å². The first-order chi connectivity index (χ1) is 11.6. The summed E-state index contributed by atoms with van der Waals surface area (Å²) in [5.74, 6) is -1.61. The molecule has 0 spiro atoms. The molecule has 0 saturated heterocycles. The first kappa shape index (κ1) is 20.7. The van der Waals surface area contributed by atoms with Gasteiger partial charge in [0.15, 0.2) is 11.9 Å². The van der Waals surface area contributed by atoms with E-state index in [1.54, 1.807) is 0 Å². The number of nitrogens with two attached hydrogens (primary N) is 2. The monoisotopic (exact) mass is 362 g/mol. The van der Waals surface area contributed by atoms with Crippen LogP contribution in [0.3, 0.4) is 0 Å². The summed E-state index contributed by atoms with van der Waals surface area (Å²) in [6, 6.07) is -4.48. The highest BCUT2D eigenvalue weighted by atomic mass is 16.5. The Morgan fingerprint density at radius 1 is 1.28 bits per heavy atom. The van der Waals surface area contributed by atoms with Crippen LogP contribution in [0.2, 0.25) is 0 Å². The van der Waals surface area contributed by atoms with E-state index < -0.39 is 49.1 Å². The van der Waals surface area contributed by atoms with Gasteiger partial charge in [-0.05, 0) is 6.92 Å². The van der Waals surface area contributed by atoms with Crippen LogP contribution in [0.25, 0.3) is 0 Å². The number of nitrogens with one attached hydrogen (secondary N) is 2. The van der Waals surface area contributed by atoms with Crippen LogP contribution in [0.4, 0.5) is 4.79 Å². The van der Waals surface area contributed by atoms with Gasteiger partial charge in [-0.3, -0.25) is 0 Å². The summed E-state index contributed by atoms with van der Waals surface area (Å²) in [6.07, 6.45) is -2.92. The average Bonchev–Trinajstić information content (AvgIpc) is 3.00. The second-order valence-corrected chi connectivity index (χ2v) is 5.31. The summed E-state index contributed by atoms with van der Waals surface area (Å²) < 4.78 is 4.92. The Hall–Kier alpha value is -2.32. The van der Waals surface area contributed by atoms with E-state index in [4.69, 9.17) is 26.2 Å². The first-order valence-electron chi connectivity index (χ1n) is 7.27. The molecule has 0 aliphatic carbocycles. The van der Waals surface area contributed by atoms with Crippen molar-refractivity contribution >= 4 is 12.0 Å². The number of nitrogens with zero attached hydrogens (tertiary/aromatic N) is 2. The molecule has 0 bridgehead atoms. The number of aliphatic carboxylic acids is 1. The number of aliphatic hydroxyl groups is 3. The number of rotatable bonds is 9. The zero-order chi connectivity index (χ0) is 19.1. The van der Waals surface area contributed by atoms with Crippen molar-refractivity contribution in [2.24, 2.45) is 11.5 Å². The van der Waals surface area contributed by atoms with Crippen molar-refractivity contribution in [3.8, 4) is 0 Å². The number of hydrogen-bond donors (Lipinski definition) is 8. The van der Waals surface area contributed by atoms with Crippen LogP contribution in [0.5, 0.6) is 0 Å². The topological polar surface area (TPSA) is 230 Å². The van der Waals surface area contributed by atoms with Gasteiger partial charge in [0.25, 0.3) is 0 Å². The molecule has 1 aromatic heterocycles. The molecule has 0 aliphatic heterocycles. The molecule has 1 heterocycles. The molecule has 1 rings (SSSR count). The molecule has 1 aromatic rings. The van der Waals surface area contributed by atoms with Gasteiger partial charge in [0, 0.05) is 6.42 Å². The second-order valence-electron chi connectivity index (χ2n) is 5.31. The van der Waals surface area contributed by atoms with E-state index in [2.05, 4.69) is 20.8 Å². The van der Waals surface area contributed by atoms with Crippen LogP contribution in [0.1, 0.15) is 37.1 Å². The van der Waals surface area contributed by atoms with Gasteiger partial charge in [-0.1, -0.05) is 5.16 Å². The van der Waals surface area contributed by atoms with Gasteiger partial charge in [-0.15, -0.1) is 0 Å². The van der Waals surface area contributed by atoms with Gasteiger partial charge in [0.2, 0.25) is 5.89 Å². The molecule has 10 N–H and O–H groups in total. The summed E-state index contributed by atoms with van der Waals surface area (Å²) >= 11 is 0. The summed E-state index contributed by atoms with van der Waals surface area (Å²) in [6.45, 7) is 0.756. The lowest BCUT2D eigenvalue weighted by atomic mass is 10.1. The summed E-state index contributed by atoms with van der Waals surface area (Å²) in [4.78, 5) is 26.8. The molecule has 0 radical (unpaired) electrons. The van der Waals surface area contributed by atoms with Crippen LogP contribution in [-0.2, 0) is 4.79 Å². The molecular formula is C12H22N6O7. The van der Waals surface area contributed by atoms with E-state index in [9.17, 15) is 19.8 Å². The maximum Gasteiger partial charge on any atom is 0.328 e. The Bertz CT molecular complexity index is 578. The van der Waals surface area contributed by atoms with Crippen LogP contribution in [0.15, 0.2) is 4.52 Å². The molecule has 2 unspecified atom stereocenters. The molecule has 0 fully saturated rings. The zero-order valence-corrected chi connectivity index (χ0v) is 13.4. The predicted octanol–water partition coefficient (Wildman–Crippen LogP) is -3.10. The fourth-order valence-electron chi connectivity index (χ4n) is 1.81. The molecular weight excluding hydrogens is 340 g/mol. The van der Waals surface area contributed by atoms with Crippen molar-refractivity contribution in [3.05, 3.63) is 11.7 Å². The van der Waals surface area contributed by atoms with E-state index in [-0.39, 0.29) is 18.1 Å². The third-order valence-corrected chi connectivity index (χ3v) is 3.10. The number of urea groups is 1. The Labute approximate surface area is 142 Å². The minimum atomic E-state index is -1.55. The van der Waals surface area contributed by atoms with Crippen molar-refractivity contribution in [1.82, 2.24) is 20.8 Å². The van der Waals surface area contributed by atoms with Crippen LogP contribution in [0, 0.1) is 0 Å². The zero-order valence-electron chi connectivity index (χ0n) is 13.4. The van der Waals surface area contributed by atoms with Gasteiger partial charge in [0.05, 0.1) is 18.8 Å². The fraction of sp³-hybridized carbons (Fsp3) is 0.667. The Morgan fingerprint density at radius 3 is 2.40 bits per heavy atom. The third kappa shape index (κ3) is 6.24. The van der Waals surface area contributed by atoms with Crippen molar-refractivity contribution < 1.29 is 34.5 Å². The normalized spacial score (nSPS) is 17.2. The molecule has 2 amide bonds. The standard InChI is InChI=1S/C12H22N6O7/c1-4(20)8(11(22)23)16-12(24)15-6(2-7(14)21)10-17-9(18-25-10)5(13)3-19/h4-8,19-21H,2-3,13-14H2,1H3,(H,22,23)(H2,15,16,24)/t4?,5-,6+,7?,8-/m0/s1. The van der Waals surface area contributed by atoms with E-state index >= 15 is 0 Å². The molecule has 0 aromatic carbocycles. The second kappa shape index (κ2) is 9.24. The van der Waals surface area contributed by atoms with Crippen molar-refractivity contribution in [2.75, 3.05) is 6.61 Å². The fourth-order valence-corrected chi connectivity index (χ4v) is 1.81. The van der Waals surface area contributed by atoms with Gasteiger partial charge >= 0.3 is 12.0 Å². The minimum absolute atomic E-state index is 0.0244. The average molecular weight is 362 g/mol. The molecule has 13 nitrogen and oxygen atoms in total. The largest absolute Gasteiger partial charge is 0.480 e. The van der Waals surface area contributed by atoms with Gasteiger partial charge in [0.1, 0.15) is 12.3 Å². The number of amides is 2. The van der Waals surface area contributed by atoms with Gasteiger partial charge in [-0.25, -0.2) is 9.59 Å². The molecule has 13 heteroatoms. The van der Waals surface area contributed by atoms with E-state index in [1.165, 1.54) is 6.92 Å². The highest BCUT2D eigenvalue weighted by molar-refractivity contribution is 5.83. The van der Waals surface area contributed by atoms with Gasteiger partial charge in [-0.2, -0.15) is 4.98 Å². The van der Waals surface area contributed by atoms with Crippen molar-refractivity contribution in [1.29, 1.82) is 0 Å². The highest BCUT2D eigenvalue weighted by Gasteiger charge is 2.28.